The van der Waals surface area contributed by atoms with Gasteiger partial charge in [-0.1, -0.05) is 96.8 Å². The van der Waals surface area contributed by atoms with Crippen molar-refractivity contribution in [3.8, 4) is 0 Å². The van der Waals surface area contributed by atoms with Crippen LogP contribution in [-0.2, 0) is 4.74 Å². The molecule has 0 unspecified atom stereocenters. The van der Waals surface area contributed by atoms with E-state index in [9.17, 15) is 4.39 Å². The standard InChI is InChI=1S/C21H43FO/c1-2-20-23-21-18-16-14-12-10-8-6-4-3-5-7-9-11-13-15-17-19-22/h2-21H2,1H3. The van der Waals surface area contributed by atoms with Crippen LogP contribution in [0.15, 0.2) is 0 Å². The first-order valence-corrected chi connectivity index (χ1v) is 10.6. The van der Waals surface area contributed by atoms with Crippen LogP contribution in [0.2, 0.25) is 0 Å². The fourth-order valence-corrected chi connectivity index (χ4v) is 3.02. The van der Waals surface area contributed by atoms with Crippen LogP contribution < -0.4 is 0 Å². The molecule has 0 aliphatic carbocycles. The SMILES string of the molecule is CCCOCCCCCCCCCCCCCCCCCCF. The molecule has 0 aliphatic heterocycles. The average molecular weight is 331 g/mol. The van der Waals surface area contributed by atoms with Crippen LogP contribution in [0.25, 0.3) is 0 Å². The van der Waals surface area contributed by atoms with Gasteiger partial charge < -0.3 is 4.74 Å². The molecule has 0 atom stereocenters. The Labute approximate surface area is 145 Å². The second kappa shape index (κ2) is 21.9. The Morgan fingerprint density at radius 1 is 0.478 bits per heavy atom. The Balaban J connectivity index is 2.92. The van der Waals surface area contributed by atoms with Gasteiger partial charge in [0.1, 0.15) is 0 Å². The molecule has 1 nitrogen and oxygen atoms in total. The van der Waals surface area contributed by atoms with Gasteiger partial charge in [-0.3, -0.25) is 4.39 Å². The second-order valence-electron chi connectivity index (χ2n) is 6.96. The molecule has 0 aromatic heterocycles. The Morgan fingerprint density at radius 3 is 1.17 bits per heavy atom. The molecule has 0 spiro atoms. The molecule has 0 saturated heterocycles. The zero-order chi connectivity index (χ0) is 16.8. The summed E-state index contributed by atoms with van der Waals surface area (Å²) in [5.41, 5.74) is 0. The molecule has 0 saturated carbocycles. The molecule has 0 rings (SSSR count). The highest BCUT2D eigenvalue weighted by atomic mass is 19.1. The normalized spacial score (nSPS) is 11.2. The Bertz CT molecular complexity index is 176. The number of unbranched alkanes of at least 4 members (excludes halogenated alkanes) is 15. The summed E-state index contributed by atoms with van der Waals surface area (Å²) in [5.74, 6) is 0. The van der Waals surface area contributed by atoms with Gasteiger partial charge in [-0.25, -0.2) is 0 Å². The van der Waals surface area contributed by atoms with E-state index in [1.165, 1.54) is 89.9 Å². The van der Waals surface area contributed by atoms with Crippen molar-refractivity contribution in [3.05, 3.63) is 0 Å². The minimum absolute atomic E-state index is 0.132. The van der Waals surface area contributed by atoms with Gasteiger partial charge >= 0.3 is 0 Å². The monoisotopic (exact) mass is 330 g/mol. The van der Waals surface area contributed by atoms with Gasteiger partial charge in [-0.2, -0.15) is 0 Å². The van der Waals surface area contributed by atoms with E-state index in [2.05, 4.69) is 6.92 Å². The zero-order valence-electron chi connectivity index (χ0n) is 15.9. The lowest BCUT2D eigenvalue weighted by atomic mass is 10.0. The van der Waals surface area contributed by atoms with Gasteiger partial charge in [0.2, 0.25) is 0 Å². The molecule has 0 bridgehead atoms. The molecule has 140 valence electrons. The van der Waals surface area contributed by atoms with Gasteiger partial charge in [0.05, 0.1) is 6.67 Å². The molecule has 0 fully saturated rings. The van der Waals surface area contributed by atoms with Crippen LogP contribution in [-0.4, -0.2) is 19.9 Å². The highest BCUT2D eigenvalue weighted by molar-refractivity contribution is 4.50. The number of halogens is 1. The summed E-state index contributed by atoms with van der Waals surface area (Å²) in [6.45, 7) is 3.92. The molecule has 2 heteroatoms. The summed E-state index contributed by atoms with van der Waals surface area (Å²) in [5, 5.41) is 0. The van der Waals surface area contributed by atoms with E-state index < -0.39 is 0 Å². The minimum Gasteiger partial charge on any atom is -0.381 e. The smallest absolute Gasteiger partial charge is 0.0894 e. The molecule has 0 radical (unpaired) electrons. The first kappa shape index (κ1) is 22.9. The zero-order valence-corrected chi connectivity index (χ0v) is 15.9. The van der Waals surface area contributed by atoms with Crippen LogP contribution in [0.3, 0.4) is 0 Å². The van der Waals surface area contributed by atoms with E-state index in [4.69, 9.17) is 4.74 Å². The number of alkyl halides is 1. The lowest BCUT2D eigenvalue weighted by Crippen LogP contribution is -1.95. The molecule has 0 amide bonds. The van der Waals surface area contributed by atoms with Crippen LogP contribution in [0.5, 0.6) is 0 Å². The first-order valence-electron chi connectivity index (χ1n) is 10.6. The summed E-state index contributed by atoms with van der Waals surface area (Å²) in [7, 11) is 0. The molecular formula is C21H43FO. The summed E-state index contributed by atoms with van der Waals surface area (Å²) >= 11 is 0. The third-order valence-electron chi connectivity index (χ3n) is 4.52. The lowest BCUT2D eigenvalue weighted by molar-refractivity contribution is 0.130. The fraction of sp³-hybridized carbons (Fsp3) is 1.00. The summed E-state index contributed by atoms with van der Waals surface area (Å²) in [6.07, 6.45) is 22.2. The van der Waals surface area contributed by atoms with Crippen LogP contribution in [0.1, 0.15) is 116 Å². The van der Waals surface area contributed by atoms with Crippen LogP contribution in [0, 0.1) is 0 Å². The third-order valence-corrected chi connectivity index (χ3v) is 4.52. The average Bonchev–Trinajstić information content (AvgIpc) is 2.57. The quantitative estimate of drug-likeness (QED) is 0.209. The maximum atomic E-state index is 11.9. The van der Waals surface area contributed by atoms with Gasteiger partial charge in [-0.05, 0) is 19.3 Å². The number of hydrogen-bond acceptors (Lipinski definition) is 1. The van der Waals surface area contributed by atoms with E-state index in [1.54, 1.807) is 0 Å². The van der Waals surface area contributed by atoms with Crippen molar-refractivity contribution >= 4 is 0 Å². The molecule has 0 N–H and O–H groups in total. The number of rotatable bonds is 20. The van der Waals surface area contributed by atoms with E-state index in [0.29, 0.717) is 0 Å². The lowest BCUT2D eigenvalue weighted by Gasteiger charge is -2.04. The summed E-state index contributed by atoms with van der Waals surface area (Å²) < 4.78 is 17.4. The van der Waals surface area contributed by atoms with Crippen molar-refractivity contribution in [3.63, 3.8) is 0 Å². The van der Waals surface area contributed by atoms with Gasteiger partial charge in [0.15, 0.2) is 0 Å². The van der Waals surface area contributed by atoms with E-state index in [1.807, 2.05) is 0 Å². The van der Waals surface area contributed by atoms with Crippen molar-refractivity contribution in [1.82, 2.24) is 0 Å². The highest BCUT2D eigenvalue weighted by Crippen LogP contribution is 2.13. The number of hydrogen-bond donors (Lipinski definition) is 0. The largest absolute Gasteiger partial charge is 0.381 e. The first-order chi connectivity index (χ1) is 11.4. The van der Waals surface area contributed by atoms with Gasteiger partial charge in [0, 0.05) is 13.2 Å². The van der Waals surface area contributed by atoms with Crippen molar-refractivity contribution in [2.24, 2.45) is 0 Å². The van der Waals surface area contributed by atoms with Crippen molar-refractivity contribution < 1.29 is 9.13 Å². The van der Waals surface area contributed by atoms with E-state index in [0.717, 1.165) is 32.5 Å². The highest BCUT2D eigenvalue weighted by Gasteiger charge is 1.95. The molecule has 0 aromatic carbocycles. The summed E-state index contributed by atoms with van der Waals surface area (Å²) in [4.78, 5) is 0. The Kier molecular flexibility index (Phi) is 21.8. The predicted molar refractivity (Wildman–Crippen MR) is 101 cm³/mol. The van der Waals surface area contributed by atoms with E-state index >= 15 is 0 Å². The van der Waals surface area contributed by atoms with Crippen LogP contribution >= 0.6 is 0 Å². The topological polar surface area (TPSA) is 9.23 Å². The number of ether oxygens (including phenoxy) is 1. The maximum Gasteiger partial charge on any atom is 0.0894 e. The van der Waals surface area contributed by atoms with Crippen molar-refractivity contribution in [2.45, 2.75) is 116 Å². The van der Waals surface area contributed by atoms with Crippen LogP contribution in [0.4, 0.5) is 4.39 Å². The summed E-state index contributed by atoms with van der Waals surface area (Å²) in [6, 6.07) is 0. The molecular weight excluding hydrogens is 287 g/mol. The Hall–Kier alpha value is -0.110. The predicted octanol–water partition coefficient (Wildman–Crippen LogP) is 7.62. The molecule has 23 heavy (non-hydrogen) atoms. The fourth-order valence-electron chi connectivity index (χ4n) is 3.02. The molecule has 0 aliphatic rings. The molecule has 0 heterocycles. The third kappa shape index (κ3) is 21.9. The van der Waals surface area contributed by atoms with E-state index in [-0.39, 0.29) is 6.67 Å². The molecule has 0 aromatic rings. The van der Waals surface area contributed by atoms with Crippen molar-refractivity contribution in [1.29, 1.82) is 0 Å². The minimum atomic E-state index is -0.132. The second-order valence-corrected chi connectivity index (χ2v) is 6.96. The van der Waals surface area contributed by atoms with Gasteiger partial charge in [0.25, 0.3) is 0 Å². The Morgan fingerprint density at radius 2 is 0.826 bits per heavy atom. The van der Waals surface area contributed by atoms with Crippen molar-refractivity contribution in [2.75, 3.05) is 19.9 Å². The van der Waals surface area contributed by atoms with Gasteiger partial charge in [-0.15, -0.1) is 0 Å². The maximum absolute atomic E-state index is 11.9.